The number of hydrogen-bond acceptors (Lipinski definition) is 2. The van der Waals surface area contributed by atoms with E-state index in [4.69, 9.17) is 0 Å². The SMILES string of the molecule is CCNC(=NCc1ccc(Br)cc1F)N1CCN(C(C)=O)CC1. The third-order valence-corrected chi connectivity index (χ3v) is 4.27. The zero-order valence-electron chi connectivity index (χ0n) is 13.5. The lowest BCUT2D eigenvalue weighted by atomic mass is 10.2. The van der Waals surface area contributed by atoms with E-state index >= 15 is 0 Å². The lowest BCUT2D eigenvalue weighted by Crippen LogP contribution is -2.53. The van der Waals surface area contributed by atoms with Crippen LogP contribution in [-0.4, -0.2) is 54.4 Å². The van der Waals surface area contributed by atoms with Crippen molar-refractivity contribution in [3.63, 3.8) is 0 Å². The summed E-state index contributed by atoms with van der Waals surface area (Å²) in [6.07, 6.45) is 0. The van der Waals surface area contributed by atoms with Gasteiger partial charge in [0.05, 0.1) is 6.54 Å². The lowest BCUT2D eigenvalue weighted by molar-refractivity contribution is -0.130. The maximum absolute atomic E-state index is 13.9. The van der Waals surface area contributed by atoms with Crippen LogP contribution >= 0.6 is 15.9 Å². The molecule has 1 amide bonds. The minimum atomic E-state index is -0.264. The summed E-state index contributed by atoms with van der Waals surface area (Å²) in [5.74, 6) is 0.599. The molecule has 0 radical (unpaired) electrons. The van der Waals surface area contributed by atoms with Gasteiger partial charge in [0.15, 0.2) is 5.96 Å². The van der Waals surface area contributed by atoms with Crippen molar-refractivity contribution in [1.29, 1.82) is 0 Å². The van der Waals surface area contributed by atoms with Gasteiger partial charge in [-0.3, -0.25) is 4.79 Å². The molecule has 0 spiro atoms. The summed E-state index contributed by atoms with van der Waals surface area (Å²) in [6, 6.07) is 5.00. The van der Waals surface area contributed by atoms with Crippen molar-refractivity contribution in [3.8, 4) is 0 Å². The molecule has 0 atom stereocenters. The van der Waals surface area contributed by atoms with E-state index in [1.165, 1.54) is 6.07 Å². The third kappa shape index (κ3) is 4.92. The Kier molecular flexibility index (Phi) is 6.38. The molecule has 7 heteroatoms. The van der Waals surface area contributed by atoms with E-state index in [0.29, 0.717) is 18.7 Å². The number of aliphatic imine (C=N–C) groups is 1. The molecule has 1 heterocycles. The number of halogens is 2. The Hall–Kier alpha value is -1.63. The molecule has 0 bridgehead atoms. The zero-order chi connectivity index (χ0) is 16.8. The van der Waals surface area contributed by atoms with E-state index in [9.17, 15) is 9.18 Å². The maximum atomic E-state index is 13.9. The molecular formula is C16H22BrFN4O. The first kappa shape index (κ1) is 17.7. The predicted octanol–water partition coefficient (Wildman–Crippen LogP) is 2.22. The number of guanidine groups is 1. The number of hydrogen-bond donors (Lipinski definition) is 1. The normalized spacial score (nSPS) is 15.7. The highest BCUT2D eigenvalue weighted by molar-refractivity contribution is 9.10. The molecule has 1 aliphatic rings. The van der Waals surface area contributed by atoms with E-state index in [2.05, 4.69) is 31.1 Å². The van der Waals surface area contributed by atoms with E-state index in [1.807, 2.05) is 17.9 Å². The number of carbonyl (C=O) groups is 1. The Morgan fingerprint density at radius 3 is 2.52 bits per heavy atom. The fraction of sp³-hybridized carbons (Fsp3) is 0.500. The Morgan fingerprint density at radius 1 is 1.30 bits per heavy atom. The van der Waals surface area contributed by atoms with Crippen molar-refractivity contribution in [1.82, 2.24) is 15.1 Å². The predicted molar refractivity (Wildman–Crippen MR) is 92.7 cm³/mol. The summed E-state index contributed by atoms with van der Waals surface area (Å²) >= 11 is 3.25. The summed E-state index contributed by atoms with van der Waals surface area (Å²) < 4.78 is 14.6. The fourth-order valence-electron chi connectivity index (χ4n) is 2.47. The highest BCUT2D eigenvalue weighted by Gasteiger charge is 2.20. The van der Waals surface area contributed by atoms with Gasteiger partial charge in [-0.15, -0.1) is 0 Å². The van der Waals surface area contributed by atoms with Crippen LogP contribution in [0.2, 0.25) is 0 Å². The molecule has 1 fully saturated rings. The number of piperazine rings is 1. The molecule has 1 aromatic rings. The van der Waals surface area contributed by atoms with Crippen LogP contribution in [0.25, 0.3) is 0 Å². The molecule has 1 N–H and O–H groups in total. The van der Waals surface area contributed by atoms with Gasteiger partial charge in [-0.1, -0.05) is 22.0 Å². The number of nitrogens with zero attached hydrogens (tertiary/aromatic N) is 3. The smallest absolute Gasteiger partial charge is 0.219 e. The number of benzene rings is 1. The molecule has 126 valence electrons. The number of rotatable bonds is 3. The first-order valence-corrected chi connectivity index (χ1v) is 8.53. The lowest BCUT2D eigenvalue weighted by Gasteiger charge is -2.36. The molecule has 1 aromatic carbocycles. The molecule has 2 rings (SSSR count). The summed E-state index contributed by atoms with van der Waals surface area (Å²) in [7, 11) is 0. The minimum Gasteiger partial charge on any atom is -0.357 e. The minimum absolute atomic E-state index is 0.100. The van der Waals surface area contributed by atoms with Crippen LogP contribution in [0.1, 0.15) is 19.4 Å². The van der Waals surface area contributed by atoms with E-state index in [-0.39, 0.29) is 18.3 Å². The summed E-state index contributed by atoms with van der Waals surface area (Å²) in [4.78, 5) is 19.9. The van der Waals surface area contributed by atoms with Crippen LogP contribution in [0.5, 0.6) is 0 Å². The van der Waals surface area contributed by atoms with Crippen LogP contribution < -0.4 is 5.32 Å². The second-order valence-corrected chi connectivity index (χ2v) is 6.31. The Labute approximate surface area is 144 Å². The molecular weight excluding hydrogens is 363 g/mol. The van der Waals surface area contributed by atoms with Gasteiger partial charge in [0.1, 0.15) is 5.82 Å². The molecule has 1 aliphatic heterocycles. The van der Waals surface area contributed by atoms with Crippen LogP contribution in [0.4, 0.5) is 4.39 Å². The summed E-state index contributed by atoms with van der Waals surface area (Å²) in [6.45, 7) is 7.46. The third-order valence-electron chi connectivity index (χ3n) is 3.77. The van der Waals surface area contributed by atoms with Crippen molar-refractivity contribution < 1.29 is 9.18 Å². The van der Waals surface area contributed by atoms with Crippen molar-refractivity contribution in [3.05, 3.63) is 34.1 Å². The van der Waals surface area contributed by atoms with Crippen molar-refractivity contribution in [2.75, 3.05) is 32.7 Å². The molecule has 23 heavy (non-hydrogen) atoms. The number of amides is 1. The number of carbonyl (C=O) groups excluding carboxylic acids is 1. The van der Waals surface area contributed by atoms with Gasteiger partial charge in [-0.05, 0) is 19.1 Å². The van der Waals surface area contributed by atoms with Gasteiger partial charge >= 0.3 is 0 Å². The first-order chi connectivity index (χ1) is 11.0. The molecule has 0 unspecified atom stereocenters. The van der Waals surface area contributed by atoms with Gasteiger partial charge in [0, 0.05) is 49.7 Å². The average molecular weight is 385 g/mol. The fourth-order valence-corrected chi connectivity index (χ4v) is 2.80. The summed E-state index contributed by atoms with van der Waals surface area (Å²) in [5.41, 5.74) is 0.561. The van der Waals surface area contributed by atoms with Crippen molar-refractivity contribution in [2.45, 2.75) is 20.4 Å². The van der Waals surface area contributed by atoms with Gasteiger partial charge in [-0.25, -0.2) is 9.38 Å². The highest BCUT2D eigenvalue weighted by atomic mass is 79.9. The largest absolute Gasteiger partial charge is 0.357 e. The zero-order valence-corrected chi connectivity index (χ0v) is 15.1. The molecule has 1 saturated heterocycles. The second kappa shape index (κ2) is 8.29. The van der Waals surface area contributed by atoms with Gasteiger partial charge < -0.3 is 15.1 Å². The second-order valence-electron chi connectivity index (χ2n) is 5.40. The standard InChI is InChI=1S/C16H22BrFN4O/c1-3-19-16(22-8-6-21(7-9-22)12(2)23)20-11-13-4-5-14(17)10-15(13)18/h4-5,10H,3,6-9,11H2,1-2H3,(H,19,20). The van der Waals surface area contributed by atoms with Crippen molar-refractivity contribution >= 4 is 27.8 Å². The maximum Gasteiger partial charge on any atom is 0.219 e. The average Bonchev–Trinajstić information content (AvgIpc) is 2.53. The van der Waals surface area contributed by atoms with Gasteiger partial charge in [0.2, 0.25) is 5.91 Å². The Morgan fingerprint density at radius 2 is 1.96 bits per heavy atom. The monoisotopic (exact) mass is 384 g/mol. The quantitative estimate of drug-likeness (QED) is 0.641. The Bertz CT molecular complexity index is 585. The van der Waals surface area contributed by atoms with E-state index < -0.39 is 0 Å². The molecule has 0 aliphatic carbocycles. The molecule has 0 aromatic heterocycles. The van der Waals surface area contributed by atoms with Crippen molar-refractivity contribution in [2.24, 2.45) is 4.99 Å². The Balaban J connectivity index is 2.04. The van der Waals surface area contributed by atoms with Crippen LogP contribution in [0, 0.1) is 5.82 Å². The van der Waals surface area contributed by atoms with Crippen LogP contribution in [-0.2, 0) is 11.3 Å². The van der Waals surface area contributed by atoms with E-state index in [0.717, 1.165) is 30.1 Å². The topological polar surface area (TPSA) is 47.9 Å². The van der Waals surface area contributed by atoms with E-state index in [1.54, 1.807) is 13.0 Å². The summed E-state index contributed by atoms with van der Waals surface area (Å²) in [5, 5.41) is 3.24. The van der Waals surface area contributed by atoms with Gasteiger partial charge in [-0.2, -0.15) is 0 Å². The highest BCUT2D eigenvalue weighted by Crippen LogP contribution is 2.16. The molecule has 0 saturated carbocycles. The molecule has 5 nitrogen and oxygen atoms in total. The van der Waals surface area contributed by atoms with Gasteiger partial charge in [0.25, 0.3) is 0 Å². The number of nitrogens with one attached hydrogen (secondary N) is 1. The first-order valence-electron chi connectivity index (χ1n) is 7.74. The van der Waals surface area contributed by atoms with Crippen LogP contribution in [0.15, 0.2) is 27.7 Å². The van der Waals surface area contributed by atoms with Crippen LogP contribution in [0.3, 0.4) is 0 Å².